The van der Waals surface area contributed by atoms with Crippen molar-refractivity contribution in [1.29, 1.82) is 0 Å². The van der Waals surface area contributed by atoms with E-state index in [1.54, 1.807) is 0 Å². The van der Waals surface area contributed by atoms with Crippen LogP contribution in [0.25, 0.3) is 0 Å². The summed E-state index contributed by atoms with van der Waals surface area (Å²) >= 11 is 0. The van der Waals surface area contributed by atoms with Crippen LogP contribution < -0.4 is 5.32 Å². The van der Waals surface area contributed by atoms with Crippen LogP contribution in [0.5, 0.6) is 0 Å². The van der Waals surface area contributed by atoms with E-state index >= 15 is 0 Å². The molecular formula is C12H25NO2. The Balaban J connectivity index is 2.25. The minimum atomic E-state index is -0.184. The van der Waals surface area contributed by atoms with Crippen LogP contribution in [0.2, 0.25) is 0 Å². The molecule has 0 aliphatic heterocycles. The quantitative estimate of drug-likeness (QED) is 0.602. The fourth-order valence-corrected chi connectivity index (χ4v) is 1.86. The molecule has 0 aromatic carbocycles. The molecule has 0 radical (unpaired) electrons. The van der Waals surface area contributed by atoms with Gasteiger partial charge in [-0.25, -0.2) is 0 Å². The lowest BCUT2D eigenvalue weighted by molar-refractivity contribution is 0.0241. The van der Waals surface area contributed by atoms with E-state index in [1.807, 2.05) is 7.05 Å². The van der Waals surface area contributed by atoms with Gasteiger partial charge < -0.3 is 15.2 Å². The van der Waals surface area contributed by atoms with Crippen molar-refractivity contribution in [3.8, 4) is 0 Å². The zero-order chi connectivity index (χ0) is 11.3. The number of ether oxygens (including phenoxy) is 1. The van der Waals surface area contributed by atoms with E-state index in [-0.39, 0.29) is 12.1 Å². The smallest absolute Gasteiger partial charge is 0.0676 e. The van der Waals surface area contributed by atoms with Gasteiger partial charge in [-0.3, -0.25) is 0 Å². The van der Waals surface area contributed by atoms with E-state index in [2.05, 4.69) is 19.2 Å². The summed E-state index contributed by atoms with van der Waals surface area (Å²) in [7, 11) is 1.92. The van der Waals surface area contributed by atoms with Crippen LogP contribution in [-0.4, -0.2) is 37.5 Å². The van der Waals surface area contributed by atoms with Crippen LogP contribution >= 0.6 is 0 Å². The normalized spacial score (nSPS) is 20.6. The maximum atomic E-state index is 9.45. The van der Waals surface area contributed by atoms with Gasteiger partial charge in [-0.2, -0.15) is 0 Å². The van der Waals surface area contributed by atoms with E-state index in [4.69, 9.17) is 4.74 Å². The van der Waals surface area contributed by atoms with Gasteiger partial charge in [0, 0.05) is 6.61 Å². The first-order valence-electron chi connectivity index (χ1n) is 6.02. The Morgan fingerprint density at radius 1 is 1.47 bits per heavy atom. The predicted octanol–water partition coefficient (Wildman–Crippen LogP) is 1.41. The number of aliphatic hydroxyl groups is 1. The third-order valence-electron chi connectivity index (χ3n) is 3.34. The van der Waals surface area contributed by atoms with Crippen molar-refractivity contribution in [3.63, 3.8) is 0 Å². The first-order chi connectivity index (χ1) is 7.14. The third kappa shape index (κ3) is 3.74. The van der Waals surface area contributed by atoms with E-state index in [1.165, 1.54) is 12.8 Å². The van der Waals surface area contributed by atoms with E-state index in [0.717, 1.165) is 13.0 Å². The molecule has 1 rings (SSSR count). The summed E-state index contributed by atoms with van der Waals surface area (Å²) in [6.07, 6.45) is 3.53. The zero-order valence-electron chi connectivity index (χ0n) is 10.3. The van der Waals surface area contributed by atoms with E-state index in [9.17, 15) is 5.11 Å². The van der Waals surface area contributed by atoms with Crippen LogP contribution in [0, 0.1) is 11.8 Å². The standard InChI is InChI=1S/C12H25NO2/c1-10(2)6-7-15-9-12(8-14,13-3)11-4-5-11/h10-11,13-14H,4-9H2,1-3H3. The second-order valence-electron chi connectivity index (χ2n) is 5.07. The van der Waals surface area contributed by atoms with E-state index < -0.39 is 0 Å². The largest absolute Gasteiger partial charge is 0.394 e. The van der Waals surface area contributed by atoms with Gasteiger partial charge in [0.25, 0.3) is 0 Å². The predicted molar refractivity (Wildman–Crippen MR) is 61.9 cm³/mol. The highest BCUT2D eigenvalue weighted by molar-refractivity contribution is 5.00. The Hall–Kier alpha value is -0.120. The van der Waals surface area contributed by atoms with Crippen molar-refractivity contribution < 1.29 is 9.84 Å². The summed E-state index contributed by atoms with van der Waals surface area (Å²) in [4.78, 5) is 0. The van der Waals surface area contributed by atoms with E-state index in [0.29, 0.717) is 18.4 Å². The molecule has 0 aromatic heterocycles. The first-order valence-corrected chi connectivity index (χ1v) is 6.02. The van der Waals surface area contributed by atoms with Gasteiger partial charge in [0.05, 0.1) is 18.8 Å². The average Bonchev–Trinajstić information content (AvgIpc) is 3.03. The number of nitrogens with one attached hydrogen (secondary N) is 1. The van der Waals surface area contributed by atoms with Gasteiger partial charge in [-0.1, -0.05) is 13.8 Å². The molecule has 0 amide bonds. The maximum Gasteiger partial charge on any atom is 0.0676 e. The molecule has 15 heavy (non-hydrogen) atoms. The summed E-state index contributed by atoms with van der Waals surface area (Å²) in [5.74, 6) is 1.29. The zero-order valence-corrected chi connectivity index (χ0v) is 10.3. The van der Waals surface area contributed by atoms with Crippen molar-refractivity contribution in [2.45, 2.75) is 38.6 Å². The minimum absolute atomic E-state index is 0.176. The monoisotopic (exact) mass is 215 g/mol. The van der Waals surface area contributed by atoms with Crippen molar-refractivity contribution in [2.24, 2.45) is 11.8 Å². The number of likely N-dealkylation sites (N-methyl/N-ethyl adjacent to an activating group) is 1. The van der Waals surface area contributed by atoms with Crippen molar-refractivity contribution >= 4 is 0 Å². The molecule has 1 aliphatic carbocycles. The van der Waals surface area contributed by atoms with Crippen molar-refractivity contribution in [1.82, 2.24) is 5.32 Å². The highest BCUT2D eigenvalue weighted by Crippen LogP contribution is 2.39. The lowest BCUT2D eigenvalue weighted by Crippen LogP contribution is -2.52. The topological polar surface area (TPSA) is 41.5 Å². The fraction of sp³-hybridized carbons (Fsp3) is 1.00. The Morgan fingerprint density at radius 2 is 2.13 bits per heavy atom. The van der Waals surface area contributed by atoms with Gasteiger partial charge >= 0.3 is 0 Å². The molecule has 1 saturated carbocycles. The Bertz CT molecular complexity index is 174. The molecule has 90 valence electrons. The highest BCUT2D eigenvalue weighted by atomic mass is 16.5. The Morgan fingerprint density at radius 3 is 2.53 bits per heavy atom. The van der Waals surface area contributed by atoms with Crippen molar-refractivity contribution in [2.75, 3.05) is 26.9 Å². The number of aliphatic hydroxyl groups excluding tert-OH is 1. The minimum Gasteiger partial charge on any atom is -0.394 e. The summed E-state index contributed by atoms with van der Waals surface area (Å²) in [5.41, 5.74) is -0.184. The van der Waals surface area contributed by atoms with Crippen LogP contribution in [0.4, 0.5) is 0 Å². The molecule has 3 nitrogen and oxygen atoms in total. The van der Waals surface area contributed by atoms with Gasteiger partial charge in [0.1, 0.15) is 0 Å². The van der Waals surface area contributed by atoms with Gasteiger partial charge in [0.2, 0.25) is 0 Å². The molecule has 3 heteroatoms. The number of rotatable bonds is 8. The lowest BCUT2D eigenvalue weighted by Gasteiger charge is -2.31. The molecule has 0 aromatic rings. The molecule has 0 saturated heterocycles. The summed E-state index contributed by atoms with van der Waals surface area (Å²) < 4.78 is 5.67. The molecule has 0 bridgehead atoms. The van der Waals surface area contributed by atoms with Crippen LogP contribution in [0.15, 0.2) is 0 Å². The van der Waals surface area contributed by atoms with Crippen LogP contribution in [0.3, 0.4) is 0 Å². The number of hydrogen-bond donors (Lipinski definition) is 2. The lowest BCUT2D eigenvalue weighted by atomic mass is 9.95. The average molecular weight is 215 g/mol. The van der Waals surface area contributed by atoms with Gasteiger partial charge in [-0.05, 0) is 38.1 Å². The first kappa shape index (κ1) is 12.9. The number of hydrogen-bond acceptors (Lipinski definition) is 3. The molecule has 1 fully saturated rings. The maximum absolute atomic E-state index is 9.45. The molecule has 1 unspecified atom stereocenters. The molecule has 2 N–H and O–H groups in total. The van der Waals surface area contributed by atoms with Crippen LogP contribution in [0.1, 0.15) is 33.1 Å². The molecule has 1 atom stereocenters. The molecular weight excluding hydrogens is 190 g/mol. The molecule has 1 aliphatic rings. The Kier molecular flexibility index (Phi) is 5.03. The third-order valence-corrected chi connectivity index (χ3v) is 3.34. The van der Waals surface area contributed by atoms with Crippen LogP contribution in [-0.2, 0) is 4.74 Å². The van der Waals surface area contributed by atoms with Gasteiger partial charge in [-0.15, -0.1) is 0 Å². The van der Waals surface area contributed by atoms with Crippen molar-refractivity contribution in [3.05, 3.63) is 0 Å². The second kappa shape index (κ2) is 5.83. The molecule has 0 spiro atoms. The SMILES string of the molecule is CNC(CO)(COCCC(C)C)C1CC1. The Labute approximate surface area is 93.2 Å². The fourth-order valence-electron chi connectivity index (χ4n) is 1.86. The summed E-state index contributed by atoms with van der Waals surface area (Å²) in [6, 6.07) is 0. The highest BCUT2D eigenvalue weighted by Gasteiger charge is 2.43. The summed E-state index contributed by atoms with van der Waals surface area (Å²) in [6.45, 7) is 6.00. The molecule has 0 heterocycles. The second-order valence-corrected chi connectivity index (χ2v) is 5.07. The summed E-state index contributed by atoms with van der Waals surface area (Å²) in [5, 5.41) is 12.7. The van der Waals surface area contributed by atoms with Gasteiger partial charge in [0.15, 0.2) is 0 Å².